The molecule has 0 fully saturated rings. The van der Waals surface area contributed by atoms with Gasteiger partial charge in [0.25, 0.3) is 5.91 Å². The molecule has 3 amide bonds. The molecular weight excluding hydrogens is 446 g/mol. The highest BCUT2D eigenvalue weighted by Crippen LogP contribution is 2.31. The van der Waals surface area contributed by atoms with Crippen LogP contribution in [0.2, 0.25) is 0 Å². The van der Waals surface area contributed by atoms with E-state index in [2.05, 4.69) is 17.6 Å². The number of allylic oxidation sites excluding steroid dienone is 1. The van der Waals surface area contributed by atoms with Crippen molar-refractivity contribution in [3.05, 3.63) is 76.5 Å². The molecule has 1 heterocycles. The molecule has 8 nitrogen and oxygen atoms in total. The summed E-state index contributed by atoms with van der Waals surface area (Å²) in [7, 11) is 3.12. The van der Waals surface area contributed by atoms with Crippen LogP contribution in [0.25, 0.3) is 0 Å². The summed E-state index contributed by atoms with van der Waals surface area (Å²) in [5, 5.41) is 5.74. The van der Waals surface area contributed by atoms with E-state index in [1.807, 2.05) is 24.3 Å². The van der Waals surface area contributed by atoms with Crippen molar-refractivity contribution < 1.29 is 23.9 Å². The standard InChI is InChI=1S/C27H33N3O5/c1-5-6-7-19-8-10-21(11-9-19)25(31)28-22-14-12-20(13-15-22)24-23(26(32)35-17-16-34-4)18(2)30(3)27(33)29-24/h8-15,24H,5-7,16-17H2,1-4H3,(H,28,31)(H,29,33). The van der Waals surface area contributed by atoms with Crippen molar-refractivity contribution in [2.75, 3.05) is 32.7 Å². The first kappa shape index (κ1) is 26.0. The van der Waals surface area contributed by atoms with Crippen LogP contribution in [-0.2, 0) is 20.7 Å². The number of benzene rings is 2. The van der Waals surface area contributed by atoms with Gasteiger partial charge in [0.15, 0.2) is 0 Å². The fraction of sp³-hybridized carbons (Fsp3) is 0.370. The number of anilines is 1. The third-order valence-electron chi connectivity index (χ3n) is 6.03. The van der Waals surface area contributed by atoms with E-state index in [-0.39, 0.29) is 25.2 Å². The number of carbonyl (C=O) groups excluding carboxylic acids is 3. The Kier molecular flexibility index (Phi) is 9.03. The number of nitrogens with one attached hydrogen (secondary N) is 2. The summed E-state index contributed by atoms with van der Waals surface area (Å²) < 4.78 is 10.3. The molecular formula is C27H33N3O5. The Hall–Kier alpha value is -3.65. The predicted octanol–water partition coefficient (Wildman–Crippen LogP) is 4.44. The monoisotopic (exact) mass is 479 g/mol. The summed E-state index contributed by atoms with van der Waals surface area (Å²) in [4.78, 5) is 39.3. The Labute approximate surface area is 206 Å². The minimum absolute atomic E-state index is 0.112. The molecule has 186 valence electrons. The molecule has 0 bridgehead atoms. The lowest BCUT2D eigenvalue weighted by atomic mass is 9.95. The highest BCUT2D eigenvalue weighted by Gasteiger charge is 2.35. The molecule has 8 heteroatoms. The van der Waals surface area contributed by atoms with E-state index in [4.69, 9.17) is 9.47 Å². The van der Waals surface area contributed by atoms with Crippen LogP contribution in [0.1, 0.15) is 54.2 Å². The number of unbranched alkanes of at least 4 members (excludes halogenated alkanes) is 1. The summed E-state index contributed by atoms with van der Waals surface area (Å²) in [5.74, 6) is -0.721. The fourth-order valence-corrected chi connectivity index (χ4v) is 3.81. The van der Waals surface area contributed by atoms with Crippen molar-refractivity contribution in [2.24, 2.45) is 0 Å². The molecule has 35 heavy (non-hydrogen) atoms. The molecule has 1 aliphatic heterocycles. The maximum Gasteiger partial charge on any atom is 0.338 e. The van der Waals surface area contributed by atoms with Crippen molar-refractivity contribution >= 4 is 23.6 Å². The number of aryl methyl sites for hydroxylation is 1. The van der Waals surface area contributed by atoms with E-state index >= 15 is 0 Å². The van der Waals surface area contributed by atoms with Crippen LogP contribution in [0, 0.1) is 0 Å². The zero-order valence-corrected chi connectivity index (χ0v) is 20.7. The van der Waals surface area contributed by atoms with Crippen LogP contribution < -0.4 is 10.6 Å². The topological polar surface area (TPSA) is 97.0 Å². The van der Waals surface area contributed by atoms with Gasteiger partial charge in [-0.05, 0) is 55.2 Å². The molecule has 0 spiro atoms. The normalized spacial score (nSPS) is 15.6. The van der Waals surface area contributed by atoms with Gasteiger partial charge in [-0.25, -0.2) is 9.59 Å². The molecule has 0 saturated carbocycles. The highest BCUT2D eigenvalue weighted by molar-refractivity contribution is 6.04. The first-order chi connectivity index (χ1) is 16.8. The largest absolute Gasteiger partial charge is 0.460 e. The summed E-state index contributed by atoms with van der Waals surface area (Å²) >= 11 is 0. The van der Waals surface area contributed by atoms with Crippen LogP contribution in [0.15, 0.2) is 59.8 Å². The third kappa shape index (κ3) is 6.48. The molecule has 1 atom stereocenters. The fourth-order valence-electron chi connectivity index (χ4n) is 3.81. The van der Waals surface area contributed by atoms with E-state index in [9.17, 15) is 14.4 Å². The van der Waals surface area contributed by atoms with E-state index in [0.717, 1.165) is 19.3 Å². The Balaban J connectivity index is 1.74. The average Bonchev–Trinajstić information content (AvgIpc) is 2.86. The molecule has 3 rings (SSSR count). The summed E-state index contributed by atoms with van der Waals surface area (Å²) in [6, 6.07) is 13.7. The molecule has 1 unspecified atom stereocenters. The Morgan fingerprint density at radius 3 is 2.37 bits per heavy atom. The summed E-state index contributed by atoms with van der Waals surface area (Å²) in [5.41, 5.74) is 3.97. The Morgan fingerprint density at radius 1 is 1.06 bits per heavy atom. The van der Waals surface area contributed by atoms with E-state index < -0.39 is 12.0 Å². The molecule has 0 aliphatic carbocycles. The molecule has 0 radical (unpaired) electrons. The number of hydrogen-bond acceptors (Lipinski definition) is 5. The highest BCUT2D eigenvalue weighted by atomic mass is 16.6. The van der Waals surface area contributed by atoms with Crippen LogP contribution in [0.4, 0.5) is 10.5 Å². The number of hydrogen-bond donors (Lipinski definition) is 2. The van der Waals surface area contributed by atoms with Crippen molar-refractivity contribution in [3.63, 3.8) is 0 Å². The maximum absolute atomic E-state index is 12.8. The second-order valence-electron chi connectivity index (χ2n) is 8.45. The van der Waals surface area contributed by atoms with Gasteiger partial charge in [0.2, 0.25) is 0 Å². The molecule has 0 saturated heterocycles. The number of rotatable bonds is 10. The van der Waals surface area contributed by atoms with Gasteiger partial charge < -0.3 is 25.0 Å². The lowest BCUT2D eigenvalue weighted by Crippen LogP contribution is -2.46. The van der Waals surface area contributed by atoms with Crippen LogP contribution in [0.5, 0.6) is 0 Å². The number of ether oxygens (including phenoxy) is 2. The second kappa shape index (κ2) is 12.2. The zero-order chi connectivity index (χ0) is 25.4. The first-order valence-corrected chi connectivity index (χ1v) is 11.8. The molecule has 2 aromatic carbocycles. The first-order valence-electron chi connectivity index (χ1n) is 11.8. The number of esters is 1. The van der Waals surface area contributed by atoms with Gasteiger partial charge in [-0.3, -0.25) is 4.79 Å². The van der Waals surface area contributed by atoms with Crippen molar-refractivity contribution in [3.8, 4) is 0 Å². The number of nitrogens with zero attached hydrogens (tertiary/aromatic N) is 1. The van der Waals surface area contributed by atoms with Crippen molar-refractivity contribution in [1.82, 2.24) is 10.2 Å². The molecule has 1 aliphatic rings. The van der Waals surface area contributed by atoms with Crippen molar-refractivity contribution in [2.45, 2.75) is 39.2 Å². The minimum atomic E-state index is -0.672. The van der Waals surface area contributed by atoms with Gasteiger partial charge in [-0.2, -0.15) is 0 Å². The third-order valence-corrected chi connectivity index (χ3v) is 6.03. The van der Waals surface area contributed by atoms with Gasteiger partial charge >= 0.3 is 12.0 Å². The Bertz CT molecular complexity index is 1080. The van der Waals surface area contributed by atoms with Crippen LogP contribution >= 0.6 is 0 Å². The lowest BCUT2D eigenvalue weighted by molar-refractivity contribution is -0.140. The zero-order valence-electron chi connectivity index (χ0n) is 20.7. The number of methoxy groups -OCH3 is 1. The average molecular weight is 480 g/mol. The quantitative estimate of drug-likeness (QED) is 0.388. The predicted molar refractivity (Wildman–Crippen MR) is 134 cm³/mol. The molecule has 0 aromatic heterocycles. The van der Waals surface area contributed by atoms with Crippen LogP contribution in [0.3, 0.4) is 0 Å². The number of carbonyl (C=O) groups is 3. The van der Waals surface area contributed by atoms with E-state index in [1.54, 1.807) is 38.2 Å². The smallest absolute Gasteiger partial charge is 0.338 e. The van der Waals surface area contributed by atoms with Crippen LogP contribution in [-0.4, -0.2) is 50.2 Å². The molecule has 2 N–H and O–H groups in total. The van der Waals surface area contributed by atoms with Gasteiger partial charge in [0, 0.05) is 31.1 Å². The van der Waals surface area contributed by atoms with Gasteiger partial charge in [0.1, 0.15) is 6.61 Å². The van der Waals surface area contributed by atoms with E-state index in [1.165, 1.54) is 17.6 Å². The Morgan fingerprint density at radius 2 is 1.74 bits per heavy atom. The van der Waals surface area contributed by atoms with E-state index in [0.29, 0.717) is 28.1 Å². The summed E-state index contributed by atoms with van der Waals surface area (Å²) in [6.07, 6.45) is 3.26. The van der Waals surface area contributed by atoms with Crippen molar-refractivity contribution in [1.29, 1.82) is 0 Å². The second-order valence-corrected chi connectivity index (χ2v) is 8.45. The van der Waals surface area contributed by atoms with Gasteiger partial charge in [0.05, 0.1) is 18.2 Å². The lowest BCUT2D eigenvalue weighted by Gasteiger charge is -2.33. The number of urea groups is 1. The number of amides is 3. The maximum atomic E-state index is 12.8. The molecule has 2 aromatic rings. The van der Waals surface area contributed by atoms with Gasteiger partial charge in [-0.15, -0.1) is 0 Å². The minimum Gasteiger partial charge on any atom is -0.460 e. The summed E-state index contributed by atoms with van der Waals surface area (Å²) in [6.45, 7) is 4.25. The van der Waals surface area contributed by atoms with Gasteiger partial charge in [-0.1, -0.05) is 37.6 Å². The SMILES string of the molecule is CCCCc1ccc(C(=O)Nc2ccc(C3NC(=O)N(C)C(C)=C3C(=O)OCCOC)cc2)cc1.